The number of nitrogens with zero attached hydrogens (tertiary/aromatic N) is 4. The number of aliphatic imine (C=N–C) groups is 1. The number of hydrogen-bond acceptors (Lipinski definition) is 5. The number of benzene rings is 1. The second-order valence-electron chi connectivity index (χ2n) is 7.68. The van der Waals surface area contributed by atoms with E-state index in [-0.39, 0.29) is 17.3 Å². The summed E-state index contributed by atoms with van der Waals surface area (Å²) in [7, 11) is 0. The zero-order valence-corrected chi connectivity index (χ0v) is 19.1. The average Bonchev–Trinajstić information content (AvgIpc) is 3.27. The lowest BCUT2D eigenvalue weighted by Gasteiger charge is -2.20. The molecule has 1 N–H and O–H groups in total. The lowest BCUT2D eigenvalue weighted by Crippen LogP contribution is -2.35. The molecule has 0 bridgehead atoms. The molecule has 7 nitrogen and oxygen atoms in total. The molecule has 160 valence electrons. The van der Waals surface area contributed by atoms with Crippen molar-refractivity contribution in [3.63, 3.8) is 0 Å². The SMILES string of the molecule is CCOc1ccccc1-n1c(C)cc(/C=C2\C(=N)N3N=C(C(C)C)SC3=NC2=O)c1C. The number of thioether (sulfide) groups is 1. The smallest absolute Gasteiger partial charge is 0.283 e. The molecule has 31 heavy (non-hydrogen) atoms. The quantitative estimate of drug-likeness (QED) is 0.686. The van der Waals surface area contributed by atoms with Crippen LogP contribution in [0, 0.1) is 25.2 Å². The van der Waals surface area contributed by atoms with E-state index >= 15 is 0 Å². The van der Waals surface area contributed by atoms with E-state index in [1.165, 1.54) is 16.8 Å². The molecule has 8 heteroatoms. The van der Waals surface area contributed by atoms with Gasteiger partial charge in [0.1, 0.15) is 10.8 Å². The molecule has 0 spiro atoms. The summed E-state index contributed by atoms with van der Waals surface area (Å²) in [6.45, 7) is 10.6. The number of nitrogens with one attached hydrogen (secondary N) is 1. The van der Waals surface area contributed by atoms with Gasteiger partial charge >= 0.3 is 0 Å². The third-order valence-corrected chi connectivity index (χ3v) is 6.35. The fourth-order valence-electron chi connectivity index (χ4n) is 3.62. The van der Waals surface area contributed by atoms with E-state index in [1.54, 1.807) is 6.08 Å². The summed E-state index contributed by atoms with van der Waals surface area (Å²) in [4.78, 5) is 16.9. The average molecular weight is 436 g/mol. The molecule has 2 aliphatic heterocycles. The van der Waals surface area contributed by atoms with Crippen molar-refractivity contribution in [3.8, 4) is 11.4 Å². The van der Waals surface area contributed by atoms with Crippen molar-refractivity contribution >= 4 is 39.8 Å². The number of fused-ring (bicyclic) bond motifs is 1. The number of ether oxygens (including phenoxy) is 1. The number of rotatable bonds is 5. The Morgan fingerprint density at radius 2 is 2.00 bits per heavy atom. The molecule has 2 aliphatic rings. The largest absolute Gasteiger partial charge is 0.492 e. The van der Waals surface area contributed by atoms with E-state index in [4.69, 9.17) is 10.1 Å². The number of hydrazone groups is 1. The van der Waals surface area contributed by atoms with Crippen LogP contribution < -0.4 is 4.74 Å². The fourth-order valence-corrected chi connectivity index (χ4v) is 4.51. The van der Waals surface area contributed by atoms with Gasteiger partial charge in [0, 0.05) is 17.3 Å². The van der Waals surface area contributed by atoms with E-state index in [0.717, 1.165) is 33.4 Å². The van der Waals surface area contributed by atoms with Gasteiger partial charge < -0.3 is 9.30 Å². The Morgan fingerprint density at radius 1 is 1.26 bits per heavy atom. The zero-order chi connectivity index (χ0) is 22.3. The molecule has 0 unspecified atom stereocenters. The summed E-state index contributed by atoms with van der Waals surface area (Å²) >= 11 is 1.35. The Morgan fingerprint density at radius 3 is 2.71 bits per heavy atom. The first-order valence-electron chi connectivity index (χ1n) is 10.2. The van der Waals surface area contributed by atoms with Crippen molar-refractivity contribution in [2.45, 2.75) is 34.6 Å². The van der Waals surface area contributed by atoms with Gasteiger partial charge in [0.15, 0.2) is 5.84 Å². The van der Waals surface area contributed by atoms with Gasteiger partial charge in [-0.1, -0.05) is 26.0 Å². The maximum atomic E-state index is 12.7. The molecule has 0 saturated heterocycles. The summed E-state index contributed by atoms with van der Waals surface area (Å²) in [5.74, 6) is 0.644. The lowest BCUT2D eigenvalue weighted by molar-refractivity contribution is -0.114. The summed E-state index contributed by atoms with van der Waals surface area (Å²) in [5, 5.41) is 15.8. The minimum absolute atomic E-state index is 0.0534. The number of hydrogen-bond donors (Lipinski definition) is 1. The lowest BCUT2D eigenvalue weighted by atomic mass is 10.1. The Bertz CT molecular complexity index is 1170. The van der Waals surface area contributed by atoms with Gasteiger partial charge in [-0.25, -0.2) is 0 Å². The van der Waals surface area contributed by atoms with E-state index in [1.807, 2.05) is 65.0 Å². The maximum Gasteiger partial charge on any atom is 0.283 e. The van der Waals surface area contributed by atoms with Crippen LogP contribution in [0.3, 0.4) is 0 Å². The molecule has 3 heterocycles. The van der Waals surface area contributed by atoms with Gasteiger partial charge in [0.25, 0.3) is 5.91 Å². The highest BCUT2D eigenvalue weighted by Crippen LogP contribution is 2.33. The monoisotopic (exact) mass is 435 g/mol. The normalized spacial score (nSPS) is 17.4. The number of aromatic nitrogens is 1. The topological polar surface area (TPSA) is 83.0 Å². The minimum atomic E-state index is -0.413. The molecular weight excluding hydrogens is 410 g/mol. The Hall–Kier alpha value is -3.13. The number of carbonyl (C=O) groups is 1. The first-order valence-corrected chi connectivity index (χ1v) is 11.0. The molecule has 0 fully saturated rings. The van der Waals surface area contributed by atoms with Gasteiger partial charge in [0.2, 0.25) is 5.17 Å². The molecule has 1 aromatic heterocycles. The fraction of sp³-hybridized carbons (Fsp3) is 0.304. The Balaban J connectivity index is 1.75. The first-order chi connectivity index (χ1) is 14.8. The van der Waals surface area contributed by atoms with Crippen LogP contribution in [-0.2, 0) is 4.79 Å². The summed E-state index contributed by atoms with van der Waals surface area (Å²) < 4.78 is 7.91. The van der Waals surface area contributed by atoms with Crippen LogP contribution in [0.25, 0.3) is 11.8 Å². The molecule has 1 aromatic carbocycles. The molecule has 0 aliphatic carbocycles. The van der Waals surface area contributed by atoms with Crippen LogP contribution in [0.5, 0.6) is 5.75 Å². The second-order valence-corrected chi connectivity index (χ2v) is 8.66. The van der Waals surface area contributed by atoms with Crippen molar-refractivity contribution in [2.75, 3.05) is 6.61 Å². The molecule has 0 atom stereocenters. The third kappa shape index (κ3) is 3.72. The third-order valence-electron chi connectivity index (χ3n) is 5.14. The van der Waals surface area contributed by atoms with Crippen LogP contribution in [0.15, 0.2) is 46.0 Å². The standard InChI is InChI=1S/C23H25N5O2S/c1-6-30-19-10-8-7-9-18(19)27-14(4)11-16(15(27)5)12-17-20(24)28-23(25-21(17)29)31-22(26-28)13(2)3/h7-13,24H,6H2,1-5H3/b17-12+,24-20?. The second kappa shape index (κ2) is 8.19. The number of para-hydroxylation sites is 2. The highest BCUT2D eigenvalue weighted by atomic mass is 32.2. The van der Waals surface area contributed by atoms with E-state index < -0.39 is 5.91 Å². The van der Waals surface area contributed by atoms with Gasteiger partial charge in [-0.3, -0.25) is 10.2 Å². The first kappa shape index (κ1) is 21.1. The molecule has 0 radical (unpaired) electrons. The van der Waals surface area contributed by atoms with Crippen LogP contribution in [0.2, 0.25) is 0 Å². The highest BCUT2D eigenvalue weighted by Gasteiger charge is 2.36. The Labute approximate surface area is 186 Å². The van der Waals surface area contributed by atoms with Crippen molar-refractivity contribution < 1.29 is 9.53 Å². The van der Waals surface area contributed by atoms with Gasteiger partial charge in [0.05, 0.1) is 17.9 Å². The number of amidine groups is 2. The van der Waals surface area contributed by atoms with Crippen molar-refractivity contribution in [1.29, 1.82) is 5.41 Å². The van der Waals surface area contributed by atoms with E-state index in [9.17, 15) is 4.79 Å². The number of aryl methyl sites for hydroxylation is 1. The van der Waals surface area contributed by atoms with Crippen molar-refractivity contribution in [3.05, 3.63) is 52.9 Å². The van der Waals surface area contributed by atoms with Gasteiger partial charge in [-0.15, -0.1) is 0 Å². The van der Waals surface area contributed by atoms with Crippen LogP contribution >= 0.6 is 11.8 Å². The summed E-state index contributed by atoms with van der Waals surface area (Å²) in [5.41, 5.74) is 3.99. The zero-order valence-electron chi connectivity index (χ0n) is 18.3. The van der Waals surface area contributed by atoms with E-state index in [0.29, 0.717) is 11.8 Å². The summed E-state index contributed by atoms with van der Waals surface area (Å²) in [6, 6.07) is 9.88. The molecule has 1 amide bonds. The minimum Gasteiger partial charge on any atom is -0.492 e. The highest BCUT2D eigenvalue weighted by molar-refractivity contribution is 8.27. The van der Waals surface area contributed by atoms with Crippen molar-refractivity contribution in [2.24, 2.45) is 16.0 Å². The van der Waals surface area contributed by atoms with E-state index in [2.05, 4.69) is 14.7 Å². The Kier molecular flexibility index (Phi) is 5.58. The number of carbonyl (C=O) groups excluding carboxylic acids is 1. The van der Waals surface area contributed by atoms with Crippen LogP contribution in [0.4, 0.5) is 0 Å². The summed E-state index contributed by atoms with van der Waals surface area (Å²) in [6.07, 6.45) is 1.74. The molecular formula is C23H25N5O2S. The number of amides is 1. The molecule has 0 saturated carbocycles. The van der Waals surface area contributed by atoms with Crippen LogP contribution in [0.1, 0.15) is 37.7 Å². The van der Waals surface area contributed by atoms with Gasteiger partial charge in [-0.05, 0) is 62.4 Å². The van der Waals surface area contributed by atoms with Crippen LogP contribution in [-0.4, -0.2) is 38.1 Å². The predicted molar refractivity (Wildman–Crippen MR) is 126 cm³/mol. The molecule has 2 aromatic rings. The van der Waals surface area contributed by atoms with Crippen molar-refractivity contribution in [1.82, 2.24) is 9.58 Å². The predicted octanol–water partition coefficient (Wildman–Crippen LogP) is 4.77. The van der Waals surface area contributed by atoms with Gasteiger partial charge in [-0.2, -0.15) is 15.1 Å². The molecule has 4 rings (SSSR count). The maximum absolute atomic E-state index is 12.7.